The summed E-state index contributed by atoms with van der Waals surface area (Å²) in [4.78, 5) is 42.6. The maximum absolute atomic E-state index is 11.2. The molecule has 13 heteroatoms. The summed E-state index contributed by atoms with van der Waals surface area (Å²) in [7, 11) is 0. The van der Waals surface area contributed by atoms with Crippen molar-refractivity contribution in [3.63, 3.8) is 0 Å². The van der Waals surface area contributed by atoms with Crippen LogP contribution >= 0.6 is 0 Å². The van der Waals surface area contributed by atoms with Crippen LogP contribution in [0.2, 0.25) is 0 Å². The topological polar surface area (TPSA) is 219 Å². The Morgan fingerprint density at radius 2 is 1.00 bits per heavy atom. The molecule has 0 aromatic rings. The first-order chi connectivity index (χ1) is 13.6. The number of aliphatic hydroxyl groups excluding tert-OH is 4. The largest absolute Gasteiger partial charge is 2.00 e. The number of hydrogen-bond acceptors (Lipinski definition) is 10. The first-order valence-electron chi connectivity index (χ1n) is 9.15. The van der Waals surface area contributed by atoms with E-state index in [0.29, 0.717) is 0 Å². The molecule has 2 amide bonds. The van der Waals surface area contributed by atoms with Crippen LogP contribution in [0.4, 0.5) is 0 Å². The SMILES string of the molecule is CC(C)(CO)[C@@H](O)C(=O)NCCC(=O)[O-].CC(C)(CO)[C@@H](O)C(=O)NCCC(=O)[O-].[Cu+2]. The summed E-state index contributed by atoms with van der Waals surface area (Å²) in [6.45, 7) is 5.21. The number of amides is 2. The van der Waals surface area contributed by atoms with E-state index in [0.717, 1.165) is 0 Å². The molecule has 0 heterocycles. The van der Waals surface area contributed by atoms with Gasteiger partial charge in [-0.05, 0) is 0 Å². The number of aliphatic hydroxyl groups is 4. The Morgan fingerprint density at radius 3 is 1.19 bits per heavy atom. The van der Waals surface area contributed by atoms with Gasteiger partial charge in [0.15, 0.2) is 0 Å². The molecule has 0 aliphatic carbocycles. The third-order valence-corrected chi connectivity index (χ3v) is 4.05. The van der Waals surface area contributed by atoms with Crippen LogP contribution in [-0.4, -0.2) is 82.7 Å². The van der Waals surface area contributed by atoms with Crippen molar-refractivity contribution in [2.24, 2.45) is 10.8 Å². The predicted molar refractivity (Wildman–Crippen MR) is 99.0 cm³/mol. The number of carboxylic acids is 2. The van der Waals surface area contributed by atoms with Crippen LogP contribution < -0.4 is 20.8 Å². The van der Waals surface area contributed by atoms with E-state index in [1.54, 1.807) is 0 Å². The fraction of sp³-hybridized carbons (Fsp3) is 0.778. The second-order valence-corrected chi connectivity index (χ2v) is 7.92. The van der Waals surface area contributed by atoms with Crippen molar-refractivity contribution in [2.75, 3.05) is 26.3 Å². The Morgan fingerprint density at radius 1 is 0.742 bits per heavy atom. The zero-order chi connectivity index (χ0) is 24.1. The van der Waals surface area contributed by atoms with Gasteiger partial charge in [0.1, 0.15) is 12.2 Å². The molecule has 0 rings (SSSR count). The van der Waals surface area contributed by atoms with Gasteiger partial charge in [-0.25, -0.2) is 0 Å². The molecule has 0 aliphatic heterocycles. The summed E-state index contributed by atoms with van der Waals surface area (Å²) in [5.74, 6) is -3.94. The minimum atomic E-state index is -1.37. The second-order valence-electron chi connectivity index (χ2n) is 7.92. The van der Waals surface area contributed by atoms with Crippen molar-refractivity contribution >= 4 is 23.8 Å². The van der Waals surface area contributed by atoms with Crippen LogP contribution in [0.15, 0.2) is 0 Å². The van der Waals surface area contributed by atoms with Crippen molar-refractivity contribution in [2.45, 2.75) is 52.7 Å². The van der Waals surface area contributed by atoms with Gasteiger partial charge in [0, 0.05) is 48.7 Å². The molecule has 1 radical (unpaired) electrons. The quantitative estimate of drug-likeness (QED) is 0.141. The minimum Gasteiger partial charge on any atom is -0.550 e. The van der Waals surface area contributed by atoms with E-state index in [1.807, 2.05) is 0 Å². The average Bonchev–Trinajstić information content (AvgIpc) is 2.66. The zero-order valence-electron chi connectivity index (χ0n) is 17.9. The Kier molecular flexibility index (Phi) is 17.4. The van der Waals surface area contributed by atoms with E-state index in [-0.39, 0.29) is 56.2 Å². The van der Waals surface area contributed by atoms with Crippen LogP contribution in [-0.2, 0) is 36.2 Å². The molecule has 0 saturated carbocycles. The standard InChI is InChI=1S/2C9H17NO5.Cu/c2*1-9(2,5-11)7(14)8(15)10-4-3-6(12)13;/h2*7,11,14H,3-5H2,1-2H3,(H,10,15)(H,12,13);/q;;+2/p-2/t2*7-;/m00./s1. The molecule has 0 spiro atoms. The number of hydrogen-bond donors (Lipinski definition) is 6. The predicted octanol–water partition coefficient (Wildman–Crippen LogP) is -4.76. The smallest absolute Gasteiger partial charge is 0.550 e. The maximum atomic E-state index is 11.2. The van der Waals surface area contributed by atoms with Gasteiger partial charge in [-0.15, -0.1) is 0 Å². The monoisotopic (exact) mass is 499 g/mol. The number of carbonyl (C=O) groups excluding carboxylic acids is 4. The third kappa shape index (κ3) is 14.8. The fourth-order valence-electron chi connectivity index (χ4n) is 1.65. The molecule has 0 bridgehead atoms. The zero-order valence-corrected chi connectivity index (χ0v) is 18.9. The van der Waals surface area contributed by atoms with Crippen molar-refractivity contribution in [3.8, 4) is 0 Å². The minimum absolute atomic E-state index is 0. The summed E-state index contributed by atoms with van der Waals surface area (Å²) in [5.41, 5.74) is -1.91. The molecule has 0 unspecified atom stereocenters. The molecule has 12 nitrogen and oxygen atoms in total. The molecule has 6 N–H and O–H groups in total. The summed E-state index contributed by atoms with van der Waals surface area (Å²) in [5, 5.41) is 61.3. The van der Waals surface area contributed by atoms with Gasteiger partial charge in [-0.2, -0.15) is 0 Å². The van der Waals surface area contributed by atoms with Gasteiger partial charge in [0.2, 0.25) is 11.8 Å². The molecule has 0 aliphatic rings. The number of carboxylic acid groups (broad SMARTS) is 2. The molecule has 0 aromatic heterocycles. The molecule has 2 atom stereocenters. The number of carbonyl (C=O) groups is 4. The van der Waals surface area contributed by atoms with Crippen LogP contribution in [0.3, 0.4) is 0 Å². The van der Waals surface area contributed by atoms with Crippen molar-refractivity contribution in [1.82, 2.24) is 10.6 Å². The molecule has 185 valence electrons. The first-order valence-corrected chi connectivity index (χ1v) is 9.15. The molecule has 0 fully saturated rings. The van der Waals surface area contributed by atoms with E-state index in [4.69, 9.17) is 10.2 Å². The van der Waals surface area contributed by atoms with E-state index in [1.165, 1.54) is 27.7 Å². The third-order valence-electron chi connectivity index (χ3n) is 4.05. The number of rotatable bonds is 12. The van der Waals surface area contributed by atoms with Crippen LogP contribution in [0.25, 0.3) is 0 Å². The maximum Gasteiger partial charge on any atom is 2.00 e. The summed E-state index contributed by atoms with van der Waals surface area (Å²) < 4.78 is 0. The van der Waals surface area contributed by atoms with Gasteiger partial charge in [-0.3, -0.25) is 9.59 Å². The molecular formula is C18H32CuN2O10. The Hall–Kier alpha value is -1.76. The number of aliphatic carboxylic acids is 2. The Bertz CT molecular complexity index is 534. The van der Waals surface area contributed by atoms with Crippen LogP contribution in [0, 0.1) is 10.8 Å². The molecule has 0 saturated heterocycles. The van der Waals surface area contributed by atoms with E-state index >= 15 is 0 Å². The van der Waals surface area contributed by atoms with Gasteiger partial charge in [-0.1, -0.05) is 27.7 Å². The van der Waals surface area contributed by atoms with Gasteiger partial charge in [0.25, 0.3) is 0 Å². The molecule has 0 aromatic carbocycles. The van der Waals surface area contributed by atoms with Crippen LogP contribution in [0.5, 0.6) is 0 Å². The molecule has 31 heavy (non-hydrogen) atoms. The summed E-state index contributed by atoms with van der Waals surface area (Å²) in [6.07, 6.45) is -3.36. The van der Waals surface area contributed by atoms with Crippen molar-refractivity contribution < 1.29 is 66.9 Å². The van der Waals surface area contributed by atoms with Gasteiger partial charge >= 0.3 is 17.1 Å². The van der Waals surface area contributed by atoms with E-state index in [9.17, 15) is 39.6 Å². The van der Waals surface area contributed by atoms with Gasteiger partial charge in [0.05, 0.1) is 13.2 Å². The first kappa shape index (κ1) is 33.9. The molecular weight excluding hydrogens is 468 g/mol. The van der Waals surface area contributed by atoms with E-state index < -0.39 is 46.8 Å². The fourth-order valence-corrected chi connectivity index (χ4v) is 1.65. The second kappa shape index (κ2) is 16.0. The van der Waals surface area contributed by atoms with E-state index in [2.05, 4.69) is 10.6 Å². The Labute approximate surface area is 191 Å². The Balaban J connectivity index is -0.000000490. The number of nitrogens with one attached hydrogen (secondary N) is 2. The van der Waals surface area contributed by atoms with Crippen LogP contribution in [0.1, 0.15) is 40.5 Å². The normalized spacial score (nSPS) is 12.9. The summed E-state index contributed by atoms with van der Waals surface area (Å²) in [6, 6.07) is 0. The van der Waals surface area contributed by atoms with Crippen molar-refractivity contribution in [1.29, 1.82) is 0 Å². The average molecular weight is 500 g/mol. The van der Waals surface area contributed by atoms with Crippen molar-refractivity contribution in [3.05, 3.63) is 0 Å². The summed E-state index contributed by atoms with van der Waals surface area (Å²) >= 11 is 0. The van der Waals surface area contributed by atoms with Gasteiger partial charge < -0.3 is 50.9 Å².